The maximum Gasteiger partial charge on any atom is 0.332 e. The third-order valence-corrected chi connectivity index (χ3v) is 4.83. The number of aromatic nitrogens is 6. The summed E-state index contributed by atoms with van der Waals surface area (Å²) in [6.45, 7) is 4.81. The van der Waals surface area contributed by atoms with Crippen LogP contribution in [0.4, 0.5) is 4.39 Å². The van der Waals surface area contributed by atoms with E-state index in [4.69, 9.17) is 0 Å². The molecule has 0 unspecified atom stereocenters. The second-order valence-corrected chi connectivity index (χ2v) is 7.01. The first kappa shape index (κ1) is 20.3. The Hall–Kier alpha value is -3.93. The minimum atomic E-state index is -0.376. The van der Waals surface area contributed by atoms with Crippen LogP contribution in [-0.4, -0.2) is 28.9 Å². The standard InChI is InChI=1S/C22H21FN6O2/c1-3-10-29-21(30)18-20(28(4-2)22(29)31)26-19(25-18)16-13-24-27(14-16)11-6-8-15-7-5-9-17(23)12-15/h5,7,9,12-14H,3-4,10-11H2,1-2H3,(H,25,26). The van der Waals surface area contributed by atoms with Crippen LogP contribution >= 0.6 is 0 Å². The minimum absolute atomic E-state index is 0.295. The normalized spacial score (nSPS) is 10.9. The van der Waals surface area contributed by atoms with E-state index in [2.05, 4.69) is 26.9 Å². The molecule has 0 saturated carbocycles. The number of hydrogen-bond acceptors (Lipinski definition) is 4. The van der Waals surface area contributed by atoms with Crippen LogP contribution in [0.15, 0.2) is 46.2 Å². The van der Waals surface area contributed by atoms with Gasteiger partial charge < -0.3 is 4.98 Å². The van der Waals surface area contributed by atoms with Gasteiger partial charge in [0.1, 0.15) is 23.7 Å². The maximum atomic E-state index is 13.2. The van der Waals surface area contributed by atoms with Gasteiger partial charge in [0.2, 0.25) is 0 Å². The zero-order valence-electron chi connectivity index (χ0n) is 17.2. The Morgan fingerprint density at radius 1 is 1.19 bits per heavy atom. The molecule has 158 valence electrons. The van der Waals surface area contributed by atoms with E-state index < -0.39 is 0 Å². The first-order chi connectivity index (χ1) is 15.0. The number of rotatable bonds is 5. The molecule has 0 aliphatic heterocycles. The van der Waals surface area contributed by atoms with E-state index in [1.807, 2.05) is 13.8 Å². The molecule has 4 rings (SSSR count). The highest BCUT2D eigenvalue weighted by molar-refractivity contribution is 5.75. The second kappa shape index (κ2) is 8.44. The van der Waals surface area contributed by atoms with E-state index in [1.165, 1.54) is 21.3 Å². The molecule has 1 N–H and O–H groups in total. The lowest BCUT2D eigenvalue weighted by molar-refractivity contribution is 0.572. The maximum absolute atomic E-state index is 13.2. The van der Waals surface area contributed by atoms with Crippen LogP contribution in [0.5, 0.6) is 0 Å². The lowest BCUT2D eigenvalue weighted by Gasteiger charge is -2.07. The van der Waals surface area contributed by atoms with E-state index in [1.54, 1.807) is 29.2 Å². The molecule has 0 bridgehead atoms. The molecule has 0 aliphatic carbocycles. The van der Waals surface area contributed by atoms with Gasteiger partial charge >= 0.3 is 5.69 Å². The van der Waals surface area contributed by atoms with Crippen molar-refractivity contribution in [3.05, 3.63) is 68.9 Å². The van der Waals surface area contributed by atoms with Gasteiger partial charge in [-0.3, -0.25) is 18.6 Å². The third-order valence-electron chi connectivity index (χ3n) is 4.83. The molecule has 9 heteroatoms. The number of aromatic amines is 1. The van der Waals surface area contributed by atoms with Gasteiger partial charge in [-0.1, -0.05) is 24.8 Å². The summed E-state index contributed by atoms with van der Waals surface area (Å²) in [4.78, 5) is 33.0. The summed E-state index contributed by atoms with van der Waals surface area (Å²) in [6, 6.07) is 6.08. The summed E-state index contributed by atoms with van der Waals surface area (Å²) in [5.74, 6) is 5.96. The molecule has 4 aromatic rings. The molecule has 1 aromatic carbocycles. The lowest BCUT2D eigenvalue weighted by atomic mass is 10.2. The summed E-state index contributed by atoms with van der Waals surface area (Å²) in [7, 11) is 0. The molecule has 3 heterocycles. The molecular formula is C22H21FN6O2. The largest absolute Gasteiger partial charge is 0.332 e. The number of nitrogens with zero attached hydrogens (tertiary/aromatic N) is 5. The van der Waals surface area contributed by atoms with Gasteiger partial charge in [-0.2, -0.15) is 5.10 Å². The van der Waals surface area contributed by atoms with E-state index in [0.717, 1.165) is 0 Å². The summed E-state index contributed by atoms with van der Waals surface area (Å²) < 4.78 is 17.6. The van der Waals surface area contributed by atoms with E-state index in [0.29, 0.717) is 54.2 Å². The molecule has 31 heavy (non-hydrogen) atoms. The molecule has 0 amide bonds. The molecule has 0 fully saturated rings. The van der Waals surface area contributed by atoms with Crippen molar-refractivity contribution in [3.8, 4) is 23.2 Å². The van der Waals surface area contributed by atoms with Crippen molar-refractivity contribution < 1.29 is 4.39 Å². The van der Waals surface area contributed by atoms with Gasteiger partial charge in [0.15, 0.2) is 5.65 Å². The summed E-state index contributed by atoms with van der Waals surface area (Å²) >= 11 is 0. The van der Waals surface area contributed by atoms with Crippen LogP contribution in [0.1, 0.15) is 25.8 Å². The van der Waals surface area contributed by atoms with Crippen LogP contribution in [0.25, 0.3) is 22.6 Å². The minimum Gasteiger partial charge on any atom is -0.332 e. The second-order valence-electron chi connectivity index (χ2n) is 7.01. The fourth-order valence-electron chi connectivity index (χ4n) is 3.37. The molecular weight excluding hydrogens is 399 g/mol. The van der Waals surface area contributed by atoms with Crippen molar-refractivity contribution in [2.75, 3.05) is 0 Å². The average Bonchev–Trinajstić information content (AvgIpc) is 3.39. The zero-order chi connectivity index (χ0) is 22.0. The Balaban J connectivity index is 1.66. The number of hydrogen-bond donors (Lipinski definition) is 1. The van der Waals surface area contributed by atoms with Crippen molar-refractivity contribution in [1.29, 1.82) is 0 Å². The zero-order valence-corrected chi connectivity index (χ0v) is 17.2. The predicted molar refractivity (Wildman–Crippen MR) is 115 cm³/mol. The van der Waals surface area contributed by atoms with E-state index in [9.17, 15) is 14.0 Å². The lowest BCUT2D eigenvalue weighted by Crippen LogP contribution is -2.39. The molecule has 0 saturated heterocycles. The summed E-state index contributed by atoms with van der Waals surface area (Å²) in [5.41, 5.74) is 1.15. The van der Waals surface area contributed by atoms with Crippen molar-refractivity contribution in [1.82, 2.24) is 28.9 Å². The fourth-order valence-corrected chi connectivity index (χ4v) is 3.37. The molecule has 0 spiro atoms. The van der Waals surface area contributed by atoms with Crippen molar-refractivity contribution >= 4 is 11.2 Å². The number of imidazole rings is 1. The molecule has 0 radical (unpaired) electrons. The number of H-pyrrole nitrogens is 1. The number of benzene rings is 1. The average molecular weight is 420 g/mol. The SMILES string of the molecule is CCCn1c(=O)c2[nH]c(-c3cnn(CC#Cc4cccc(F)c4)c3)nc2n(CC)c1=O. The van der Waals surface area contributed by atoms with Crippen molar-refractivity contribution in [2.45, 2.75) is 39.9 Å². The molecule has 0 atom stereocenters. The quantitative estimate of drug-likeness (QED) is 0.502. The summed E-state index contributed by atoms with van der Waals surface area (Å²) in [5, 5.41) is 4.27. The van der Waals surface area contributed by atoms with Gasteiger partial charge in [-0.25, -0.2) is 14.2 Å². The van der Waals surface area contributed by atoms with Crippen LogP contribution in [0, 0.1) is 17.7 Å². The van der Waals surface area contributed by atoms with Gasteiger partial charge in [-0.05, 0) is 31.5 Å². The van der Waals surface area contributed by atoms with Gasteiger partial charge in [0, 0.05) is 24.8 Å². The molecule has 8 nitrogen and oxygen atoms in total. The number of halogens is 1. The summed E-state index contributed by atoms with van der Waals surface area (Å²) in [6.07, 6.45) is 4.03. The first-order valence-corrected chi connectivity index (χ1v) is 10.0. The first-order valence-electron chi connectivity index (χ1n) is 10.0. The van der Waals surface area contributed by atoms with Crippen LogP contribution < -0.4 is 11.2 Å². The van der Waals surface area contributed by atoms with Gasteiger partial charge in [0.25, 0.3) is 5.56 Å². The fraction of sp³-hybridized carbons (Fsp3) is 0.273. The Morgan fingerprint density at radius 2 is 2.03 bits per heavy atom. The van der Waals surface area contributed by atoms with E-state index in [-0.39, 0.29) is 17.1 Å². The highest BCUT2D eigenvalue weighted by Crippen LogP contribution is 2.17. The van der Waals surface area contributed by atoms with Crippen LogP contribution in [0.2, 0.25) is 0 Å². The number of fused-ring (bicyclic) bond motifs is 1. The number of aryl methyl sites for hydroxylation is 1. The Morgan fingerprint density at radius 3 is 2.77 bits per heavy atom. The Kier molecular flexibility index (Phi) is 5.54. The van der Waals surface area contributed by atoms with Gasteiger partial charge in [-0.15, -0.1) is 0 Å². The molecule has 3 aromatic heterocycles. The monoisotopic (exact) mass is 420 g/mol. The third kappa shape index (κ3) is 3.92. The van der Waals surface area contributed by atoms with Crippen LogP contribution in [-0.2, 0) is 19.6 Å². The van der Waals surface area contributed by atoms with E-state index >= 15 is 0 Å². The van der Waals surface area contributed by atoms with Crippen LogP contribution in [0.3, 0.4) is 0 Å². The highest BCUT2D eigenvalue weighted by atomic mass is 19.1. The predicted octanol–water partition coefficient (Wildman–Crippen LogP) is 2.37. The van der Waals surface area contributed by atoms with Crippen molar-refractivity contribution in [3.63, 3.8) is 0 Å². The smallest absolute Gasteiger partial charge is 0.332 e. The Bertz CT molecular complexity index is 1430. The topological polar surface area (TPSA) is 90.5 Å². The molecule has 0 aliphatic rings. The van der Waals surface area contributed by atoms with Crippen molar-refractivity contribution in [2.24, 2.45) is 0 Å². The highest BCUT2D eigenvalue weighted by Gasteiger charge is 2.17. The number of nitrogens with one attached hydrogen (secondary N) is 1. The van der Waals surface area contributed by atoms with Gasteiger partial charge in [0.05, 0.1) is 11.8 Å². The Labute approximate surface area is 177 Å².